The van der Waals surface area contributed by atoms with Crippen LogP contribution in [0, 0.1) is 0 Å². The number of carbonyl (C=O) groups is 2. The molecule has 3 aromatic rings. The maximum Gasteiger partial charge on any atom is 0.411 e. The number of amides is 1. The van der Waals surface area contributed by atoms with Crippen LogP contribution in [0.25, 0.3) is 10.9 Å². The number of carbonyl (C=O) groups excluding carboxylic acids is 2. The van der Waals surface area contributed by atoms with Crippen LogP contribution in [0.4, 0.5) is 19.3 Å². The standard InChI is InChI=1S/C25H26F2N2O5/c1-32-22-12-16(23(30)33-2)8-7-15(22)11-17-14-29(24(26)27)21-10-9-18(13-20(17)21)28-25(31)34-19-5-3-4-6-19/h7-10,12-14,19,24H,3-6,11H2,1-2H3,(H,28,31). The highest BCUT2D eigenvalue weighted by atomic mass is 19.3. The lowest BCUT2D eigenvalue weighted by molar-refractivity contribution is 0.0600. The number of fused-ring (bicyclic) bond motifs is 1. The monoisotopic (exact) mass is 472 g/mol. The number of methoxy groups -OCH3 is 2. The Kier molecular flexibility index (Phi) is 7.00. The second kappa shape index (κ2) is 10.1. The minimum absolute atomic E-state index is 0.0837. The first kappa shape index (κ1) is 23.5. The van der Waals surface area contributed by atoms with Crippen LogP contribution < -0.4 is 10.1 Å². The van der Waals surface area contributed by atoms with Gasteiger partial charge in [-0.1, -0.05) is 6.07 Å². The number of alkyl halides is 2. The van der Waals surface area contributed by atoms with E-state index in [1.165, 1.54) is 20.4 Å². The lowest BCUT2D eigenvalue weighted by Crippen LogP contribution is -2.20. The van der Waals surface area contributed by atoms with Crippen LogP contribution in [0.1, 0.15) is 53.7 Å². The lowest BCUT2D eigenvalue weighted by Gasteiger charge is -2.13. The predicted octanol–water partition coefficient (Wildman–Crippen LogP) is 5.91. The summed E-state index contributed by atoms with van der Waals surface area (Å²) in [6, 6.07) is 9.65. The first-order chi connectivity index (χ1) is 16.4. The Balaban J connectivity index is 1.64. The summed E-state index contributed by atoms with van der Waals surface area (Å²) in [6.45, 7) is -2.73. The molecule has 0 spiro atoms. The predicted molar refractivity (Wildman–Crippen MR) is 123 cm³/mol. The summed E-state index contributed by atoms with van der Waals surface area (Å²) in [5, 5.41) is 3.27. The fraction of sp³-hybridized carbons (Fsp3) is 0.360. The van der Waals surface area contributed by atoms with Crippen molar-refractivity contribution in [2.75, 3.05) is 19.5 Å². The molecular formula is C25H26F2N2O5. The number of aromatic nitrogens is 1. The summed E-state index contributed by atoms with van der Waals surface area (Å²) >= 11 is 0. The summed E-state index contributed by atoms with van der Waals surface area (Å²) < 4.78 is 43.9. The number of esters is 1. The molecule has 1 amide bonds. The minimum atomic E-state index is -2.73. The zero-order valence-corrected chi connectivity index (χ0v) is 19.0. The van der Waals surface area contributed by atoms with Gasteiger partial charge in [0.15, 0.2) is 0 Å². The number of hydrogen-bond acceptors (Lipinski definition) is 5. The number of nitrogens with zero attached hydrogens (tertiary/aromatic N) is 1. The summed E-state index contributed by atoms with van der Waals surface area (Å²) in [5.41, 5.74) is 2.45. The summed E-state index contributed by atoms with van der Waals surface area (Å²) in [6.07, 6.45) is 4.81. The number of hydrogen-bond donors (Lipinski definition) is 1. The van der Waals surface area contributed by atoms with Crippen molar-refractivity contribution < 1.29 is 32.6 Å². The lowest BCUT2D eigenvalue weighted by atomic mass is 10.0. The quantitative estimate of drug-likeness (QED) is 0.432. The molecule has 1 aliphatic rings. The van der Waals surface area contributed by atoms with E-state index in [4.69, 9.17) is 14.2 Å². The molecule has 2 aromatic carbocycles. The van der Waals surface area contributed by atoms with E-state index < -0.39 is 18.6 Å². The van der Waals surface area contributed by atoms with Gasteiger partial charge in [-0.05, 0) is 67.1 Å². The summed E-state index contributed by atoms with van der Waals surface area (Å²) in [4.78, 5) is 24.1. The second-order valence-corrected chi connectivity index (χ2v) is 8.20. The average molecular weight is 472 g/mol. The summed E-state index contributed by atoms with van der Waals surface area (Å²) in [5.74, 6) is -0.0605. The van der Waals surface area contributed by atoms with Crippen LogP contribution >= 0.6 is 0 Å². The van der Waals surface area contributed by atoms with Gasteiger partial charge in [0.25, 0.3) is 0 Å². The number of halogens is 2. The number of rotatable bonds is 7. The minimum Gasteiger partial charge on any atom is -0.496 e. The molecule has 180 valence electrons. The van der Waals surface area contributed by atoms with Crippen LogP contribution in [0.2, 0.25) is 0 Å². The molecule has 0 bridgehead atoms. The van der Waals surface area contributed by atoms with Crippen molar-refractivity contribution in [3.63, 3.8) is 0 Å². The third kappa shape index (κ3) is 4.98. The Morgan fingerprint density at radius 2 is 1.85 bits per heavy atom. The van der Waals surface area contributed by atoms with Gasteiger partial charge in [-0.15, -0.1) is 0 Å². The smallest absolute Gasteiger partial charge is 0.411 e. The van der Waals surface area contributed by atoms with Crippen LogP contribution in [0.5, 0.6) is 5.75 Å². The molecule has 4 rings (SSSR count). The Morgan fingerprint density at radius 3 is 2.53 bits per heavy atom. The highest BCUT2D eigenvalue weighted by molar-refractivity contribution is 5.92. The SMILES string of the molecule is COC(=O)c1ccc(Cc2cn(C(F)F)c3ccc(NC(=O)OC4CCCC4)cc23)c(OC)c1. The van der Waals surface area contributed by atoms with Gasteiger partial charge in [0, 0.05) is 23.7 Å². The molecule has 1 N–H and O–H groups in total. The van der Waals surface area contributed by atoms with E-state index in [0.29, 0.717) is 39.0 Å². The number of anilines is 1. The molecule has 9 heteroatoms. The normalized spacial score (nSPS) is 13.9. The van der Waals surface area contributed by atoms with Crippen molar-refractivity contribution in [1.82, 2.24) is 4.57 Å². The van der Waals surface area contributed by atoms with Crippen LogP contribution in [-0.4, -0.2) is 37.0 Å². The topological polar surface area (TPSA) is 78.8 Å². The number of ether oxygens (including phenoxy) is 3. The molecule has 1 aromatic heterocycles. The zero-order chi connectivity index (χ0) is 24.2. The molecular weight excluding hydrogens is 446 g/mol. The van der Waals surface area contributed by atoms with Crippen molar-refractivity contribution in [3.8, 4) is 5.75 Å². The Labute approximate surface area is 195 Å². The zero-order valence-electron chi connectivity index (χ0n) is 19.0. The van der Waals surface area contributed by atoms with Crippen LogP contribution in [0.15, 0.2) is 42.6 Å². The molecule has 1 fully saturated rings. The van der Waals surface area contributed by atoms with Crippen LogP contribution in [0.3, 0.4) is 0 Å². The summed E-state index contributed by atoms with van der Waals surface area (Å²) in [7, 11) is 2.76. The van der Waals surface area contributed by atoms with E-state index in [9.17, 15) is 18.4 Å². The third-order valence-electron chi connectivity index (χ3n) is 6.04. The molecule has 34 heavy (non-hydrogen) atoms. The average Bonchev–Trinajstić information content (AvgIpc) is 3.46. The second-order valence-electron chi connectivity index (χ2n) is 8.20. The van der Waals surface area contributed by atoms with Gasteiger partial charge in [0.1, 0.15) is 11.9 Å². The van der Waals surface area contributed by atoms with Gasteiger partial charge in [-0.25, -0.2) is 9.59 Å². The van der Waals surface area contributed by atoms with Gasteiger partial charge in [-0.2, -0.15) is 8.78 Å². The van der Waals surface area contributed by atoms with Crippen molar-refractivity contribution in [2.24, 2.45) is 0 Å². The van der Waals surface area contributed by atoms with Gasteiger partial charge < -0.3 is 14.2 Å². The van der Waals surface area contributed by atoms with Gasteiger partial charge in [0.05, 0.1) is 25.3 Å². The first-order valence-corrected chi connectivity index (χ1v) is 11.0. The third-order valence-corrected chi connectivity index (χ3v) is 6.04. The Hall–Kier alpha value is -3.62. The molecule has 1 saturated carbocycles. The van der Waals surface area contributed by atoms with Gasteiger partial charge in [-0.3, -0.25) is 9.88 Å². The number of benzene rings is 2. The first-order valence-electron chi connectivity index (χ1n) is 11.0. The fourth-order valence-electron chi connectivity index (χ4n) is 4.35. The van der Waals surface area contributed by atoms with E-state index in [0.717, 1.165) is 30.3 Å². The maximum absolute atomic E-state index is 13.7. The fourth-order valence-corrected chi connectivity index (χ4v) is 4.35. The Bertz CT molecular complexity index is 1200. The molecule has 1 heterocycles. The highest BCUT2D eigenvalue weighted by Gasteiger charge is 2.21. The molecule has 1 aliphatic carbocycles. The van der Waals surface area contributed by atoms with E-state index in [1.54, 1.807) is 36.4 Å². The molecule has 0 atom stereocenters. The molecule has 0 aliphatic heterocycles. The van der Waals surface area contributed by atoms with Crippen LogP contribution in [-0.2, 0) is 15.9 Å². The van der Waals surface area contributed by atoms with Gasteiger partial charge in [0.2, 0.25) is 0 Å². The van der Waals surface area contributed by atoms with E-state index in [1.807, 2.05) is 0 Å². The maximum atomic E-state index is 13.7. The van der Waals surface area contributed by atoms with Crippen molar-refractivity contribution in [2.45, 2.75) is 44.8 Å². The van der Waals surface area contributed by atoms with E-state index in [2.05, 4.69) is 5.32 Å². The molecule has 0 saturated heterocycles. The molecule has 7 nitrogen and oxygen atoms in total. The van der Waals surface area contributed by atoms with E-state index >= 15 is 0 Å². The number of nitrogens with one attached hydrogen (secondary N) is 1. The largest absolute Gasteiger partial charge is 0.496 e. The Morgan fingerprint density at radius 1 is 1.09 bits per heavy atom. The van der Waals surface area contributed by atoms with Crippen molar-refractivity contribution in [3.05, 3.63) is 59.3 Å². The molecule has 0 radical (unpaired) electrons. The van der Waals surface area contributed by atoms with E-state index in [-0.39, 0.29) is 12.5 Å². The van der Waals surface area contributed by atoms with Crippen molar-refractivity contribution >= 4 is 28.7 Å². The highest BCUT2D eigenvalue weighted by Crippen LogP contribution is 2.32. The molecule has 0 unspecified atom stereocenters. The van der Waals surface area contributed by atoms with Gasteiger partial charge >= 0.3 is 18.6 Å². The van der Waals surface area contributed by atoms with Crippen molar-refractivity contribution in [1.29, 1.82) is 0 Å².